The molecule has 0 saturated carbocycles. The van der Waals surface area contributed by atoms with E-state index in [2.05, 4.69) is 24.7 Å². The molecule has 0 spiro atoms. The van der Waals surface area contributed by atoms with Crippen molar-refractivity contribution in [3.8, 4) is 22.4 Å². The number of anilines is 1. The molecule has 0 atom stereocenters. The van der Waals surface area contributed by atoms with Crippen molar-refractivity contribution in [3.05, 3.63) is 84.0 Å². The first-order valence-corrected chi connectivity index (χ1v) is 12.1. The van der Waals surface area contributed by atoms with Gasteiger partial charge in [-0.2, -0.15) is 0 Å². The van der Waals surface area contributed by atoms with E-state index in [0.29, 0.717) is 11.3 Å². The van der Waals surface area contributed by atoms with Crippen molar-refractivity contribution in [3.63, 3.8) is 0 Å². The van der Waals surface area contributed by atoms with Gasteiger partial charge in [-0.25, -0.2) is 18.4 Å². The molecular weight excluding hydrogens is 466 g/mol. The van der Waals surface area contributed by atoms with Gasteiger partial charge in [-0.3, -0.25) is 14.7 Å². The van der Waals surface area contributed by atoms with Crippen LogP contribution in [0.1, 0.15) is 0 Å². The number of nitrogens with one attached hydrogen (secondary N) is 1. The molecule has 0 aliphatic rings. The second-order valence-corrected chi connectivity index (χ2v) is 9.70. The van der Waals surface area contributed by atoms with E-state index >= 15 is 0 Å². The van der Waals surface area contributed by atoms with E-state index in [1.54, 1.807) is 55.2 Å². The van der Waals surface area contributed by atoms with Crippen molar-refractivity contribution >= 4 is 48.9 Å². The van der Waals surface area contributed by atoms with Gasteiger partial charge in [0, 0.05) is 52.2 Å². The van der Waals surface area contributed by atoms with Crippen LogP contribution in [-0.4, -0.2) is 28.4 Å². The Morgan fingerprint density at radius 3 is 2.50 bits per heavy atom. The highest BCUT2D eigenvalue weighted by atomic mass is 35.5. The number of aromatic nitrogens is 4. The van der Waals surface area contributed by atoms with Crippen LogP contribution in [0.15, 0.2) is 83.7 Å². The summed E-state index contributed by atoms with van der Waals surface area (Å²) in [6, 6.07) is 11.7. The summed E-state index contributed by atoms with van der Waals surface area (Å²) in [5.74, 6) is 0. The zero-order valence-electron chi connectivity index (χ0n) is 16.3. The van der Waals surface area contributed by atoms with Crippen LogP contribution in [0.3, 0.4) is 0 Å². The Morgan fingerprint density at radius 2 is 1.72 bits per heavy atom. The highest BCUT2D eigenvalue weighted by Gasteiger charge is 2.18. The molecule has 10 heteroatoms. The molecule has 32 heavy (non-hydrogen) atoms. The lowest BCUT2D eigenvalue weighted by molar-refractivity contribution is 0.601. The quantitative estimate of drug-likeness (QED) is 0.345. The SMILES string of the molecule is O=S(=O)(Nc1cc(-c2csc3ncc(-c4cnccn4)cc23)cnc1Cl)c1ccccc1. The van der Waals surface area contributed by atoms with Gasteiger partial charge in [-0.1, -0.05) is 29.8 Å². The molecular formula is C22H14ClN5O2S2. The molecule has 4 aromatic heterocycles. The van der Waals surface area contributed by atoms with Crippen molar-refractivity contribution in [2.75, 3.05) is 4.72 Å². The van der Waals surface area contributed by atoms with Crippen molar-refractivity contribution in [2.45, 2.75) is 4.90 Å². The average Bonchev–Trinajstić information content (AvgIpc) is 3.25. The van der Waals surface area contributed by atoms with Crippen LogP contribution >= 0.6 is 22.9 Å². The van der Waals surface area contributed by atoms with Crippen LogP contribution in [0.2, 0.25) is 5.15 Å². The summed E-state index contributed by atoms with van der Waals surface area (Å²) in [4.78, 5) is 18.2. The van der Waals surface area contributed by atoms with E-state index in [1.165, 1.54) is 23.5 Å². The third kappa shape index (κ3) is 3.93. The molecule has 0 aliphatic carbocycles. The molecule has 0 bridgehead atoms. The van der Waals surface area contributed by atoms with Crippen molar-refractivity contribution < 1.29 is 8.42 Å². The van der Waals surface area contributed by atoms with E-state index in [1.807, 2.05) is 11.4 Å². The lowest BCUT2D eigenvalue weighted by Crippen LogP contribution is -2.13. The van der Waals surface area contributed by atoms with E-state index in [9.17, 15) is 8.42 Å². The highest BCUT2D eigenvalue weighted by molar-refractivity contribution is 7.92. The molecule has 0 radical (unpaired) electrons. The minimum Gasteiger partial charge on any atom is -0.276 e. The predicted octanol–water partition coefficient (Wildman–Crippen LogP) is 5.27. The molecule has 1 aromatic carbocycles. The van der Waals surface area contributed by atoms with E-state index in [4.69, 9.17) is 11.6 Å². The van der Waals surface area contributed by atoms with Gasteiger partial charge in [0.1, 0.15) is 4.83 Å². The molecule has 4 heterocycles. The summed E-state index contributed by atoms with van der Waals surface area (Å²) < 4.78 is 28.0. The average molecular weight is 480 g/mol. The van der Waals surface area contributed by atoms with E-state index in [0.717, 1.165) is 21.3 Å². The summed E-state index contributed by atoms with van der Waals surface area (Å²) in [5, 5.41) is 2.92. The fourth-order valence-electron chi connectivity index (χ4n) is 3.20. The molecule has 0 saturated heterocycles. The minimum atomic E-state index is -3.81. The maximum atomic E-state index is 12.7. The zero-order chi connectivity index (χ0) is 22.1. The molecule has 158 valence electrons. The topological polar surface area (TPSA) is 97.7 Å². The van der Waals surface area contributed by atoms with Gasteiger partial charge >= 0.3 is 0 Å². The first-order chi connectivity index (χ1) is 15.5. The summed E-state index contributed by atoms with van der Waals surface area (Å²) in [7, 11) is -3.81. The van der Waals surface area contributed by atoms with Gasteiger partial charge in [0.15, 0.2) is 5.15 Å². The second kappa shape index (κ2) is 8.27. The summed E-state index contributed by atoms with van der Waals surface area (Å²) in [6.45, 7) is 0. The summed E-state index contributed by atoms with van der Waals surface area (Å²) >= 11 is 7.70. The highest BCUT2D eigenvalue weighted by Crippen LogP contribution is 2.37. The van der Waals surface area contributed by atoms with Crippen LogP contribution in [0.4, 0.5) is 5.69 Å². The Hall–Kier alpha value is -3.40. The van der Waals surface area contributed by atoms with Gasteiger partial charge in [-0.15, -0.1) is 11.3 Å². The van der Waals surface area contributed by atoms with Crippen LogP contribution in [-0.2, 0) is 10.0 Å². The number of rotatable bonds is 5. The first kappa shape index (κ1) is 20.5. The normalized spacial score (nSPS) is 11.5. The van der Waals surface area contributed by atoms with E-state index < -0.39 is 10.0 Å². The molecule has 1 N–H and O–H groups in total. The Balaban J connectivity index is 1.56. The fourth-order valence-corrected chi connectivity index (χ4v) is 5.39. The van der Waals surface area contributed by atoms with Gasteiger partial charge < -0.3 is 0 Å². The Kier molecular flexibility index (Phi) is 5.30. The predicted molar refractivity (Wildman–Crippen MR) is 126 cm³/mol. The third-order valence-electron chi connectivity index (χ3n) is 4.74. The van der Waals surface area contributed by atoms with Crippen molar-refractivity contribution in [1.82, 2.24) is 19.9 Å². The number of thiophene rings is 1. The smallest absolute Gasteiger partial charge is 0.261 e. The number of halogens is 1. The van der Waals surface area contributed by atoms with Gasteiger partial charge in [0.25, 0.3) is 10.0 Å². The monoisotopic (exact) mass is 479 g/mol. The number of hydrogen-bond acceptors (Lipinski definition) is 7. The van der Waals surface area contributed by atoms with Gasteiger partial charge in [0.05, 0.1) is 22.5 Å². The molecule has 0 amide bonds. The summed E-state index contributed by atoms with van der Waals surface area (Å²) in [5.41, 5.74) is 3.32. The van der Waals surface area contributed by atoms with Crippen molar-refractivity contribution in [1.29, 1.82) is 0 Å². The van der Waals surface area contributed by atoms with Crippen LogP contribution in [0.5, 0.6) is 0 Å². The Morgan fingerprint density at radius 1 is 0.906 bits per heavy atom. The zero-order valence-corrected chi connectivity index (χ0v) is 18.7. The lowest BCUT2D eigenvalue weighted by Gasteiger charge is -2.11. The van der Waals surface area contributed by atoms with Crippen LogP contribution < -0.4 is 4.72 Å². The standard InChI is InChI=1S/C22H14ClN5O2S2/c23-21-19(28-32(29,30)16-4-2-1-3-5-16)9-14(10-26-21)18-13-31-22-17(18)8-15(11-27-22)20-12-24-6-7-25-20/h1-13,28H. The molecule has 7 nitrogen and oxygen atoms in total. The van der Waals surface area contributed by atoms with Crippen molar-refractivity contribution in [2.24, 2.45) is 0 Å². The van der Waals surface area contributed by atoms with Gasteiger partial charge in [0.2, 0.25) is 0 Å². The van der Waals surface area contributed by atoms with Crippen LogP contribution in [0.25, 0.3) is 32.6 Å². The number of fused-ring (bicyclic) bond motifs is 1. The molecule has 0 aliphatic heterocycles. The molecule has 0 fully saturated rings. The second-order valence-electron chi connectivity index (χ2n) is 6.80. The number of pyridine rings is 2. The maximum absolute atomic E-state index is 12.7. The largest absolute Gasteiger partial charge is 0.276 e. The molecule has 0 unspecified atom stereocenters. The minimum absolute atomic E-state index is 0.0613. The first-order valence-electron chi connectivity index (χ1n) is 9.39. The molecule has 5 aromatic rings. The maximum Gasteiger partial charge on any atom is 0.261 e. The number of sulfonamides is 1. The number of benzene rings is 1. The van der Waals surface area contributed by atoms with Crippen LogP contribution in [0, 0.1) is 0 Å². The Labute approximate surface area is 192 Å². The Bertz CT molecular complexity index is 1520. The van der Waals surface area contributed by atoms with E-state index in [-0.39, 0.29) is 15.7 Å². The number of nitrogens with zero attached hydrogens (tertiary/aromatic N) is 4. The number of hydrogen-bond donors (Lipinski definition) is 1. The van der Waals surface area contributed by atoms with Gasteiger partial charge in [-0.05, 0) is 24.3 Å². The summed E-state index contributed by atoms with van der Waals surface area (Å²) in [6.07, 6.45) is 8.28. The lowest BCUT2D eigenvalue weighted by atomic mass is 10.1. The third-order valence-corrected chi connectivity index (χ3v) is 7.32. The molecule has 5 rings (SSSR count). The fraction of sp³-hybridized carbons (Fsp3) is 0.